The van der Waals surface area contributed by atoms with Crippen LogP contribution in [-0.2, 0) is 16.1 Å². The zero-order valence-electron chi connectivity index (χ0n) is 15.5. The van der Waals surface area contributed by atoms with Gasteiger partial charge in [0.15, 0.2) is 0 Å². The summed E-state index contributed by atoms with van der Waals surface area (Å²) < 4.78 is 0. The smallest absolute Gasteiger partial charge is 0.251 e. The second kappa shape index (κ2) is 9.05. The molecule has 0 bridgehead atoms. The van der Waals surface area contributed by atoms with Crippen LogP contribution in [0.4, 0.5) is 5.69 Å². The SMILES string of the molecule is Cl.O=C1CC(N2CCN(Cc3ccccc3)CC2)C(=O)N1c1ccccc1Cl. The van der Waals surface area contributed by atoms with E-state index >= 15 is 0 Å². The van der Waals surface area contributed by atoms with Gasteiger partial charge in [-0.25, -0.2) is 4.90 Å². The first-order valence-electron chi connectivity index (χ1n) is 9.25. The number of carbonyl (C=O) groups excluding carboxylic acids is 2. The highest BCUT2D eigenvalue weighted by atomic mass is 35.5. The lowest BCUT2D eigenvalue weighted by molar-refractivity contribution is -0.123. The second-order valence-corrected chi connectivity index (χ2v) is 7.44. The fraction of sp³-hybridized carbons (Fsp3) is 0.333. The van der Waals surface area contributed by atoms with Crippen LogP contribution in [0, 0.1) is 0 Å². The van der Waals surface area contributed by atoms with E-state index in [1.807, 2.05) is 6.07 Å². The normalized spacial score (nSPS) is 21.0. The topological polar surface area (TPSA) is 43.9 Å². The number of amides is 2. The minimum atomic E-state index is -0.382. The number of carbonyl (C=O) groups is 2. The highest BCUT2D eigenvalue weighted by Gasteiger charge is 2.43. The minimum Gasteiger partial charge on any atom is -0.297 e. The highest BCUT2D eigenvalue weighted by molar-refractivity contribution is 6.36. The number of piperazine rings is 1. The molecule has 0 N–H and O–H groups in total. The molecule has 2 fully saturated rings. The molecule has 1 unspecified atom stereocenters. The summed E-state index contributed by atoms with van der Waals surface area (Å²) in [5, 5.41) is 0.424. The molecule has 0 aromatic heterocycles. The molecule has 2 aromatic carbocycles. The van der Waals surface area contributed by atoms with E-state index in [4.69, 9.17) is 11.6 Å². The molecule has 148 valence electrons. The fourth-order valence-corrected chi connectivity index (χ4v) is 4.08. The predicted octanol–water partition coefficient (Wildman–Crippen LogP) is 3.21. The number of para-hydroxylation sites is 1. The fourth-order valence-electron chi connectivity index (χ4n) is 3.86. The maximum atomic E-state index is 12.9. The van der Waals surface area contributed by atoms with Gasteiger partial charge in [0.05, 0.1) is 23.2 Å². The van der Waals surface area contributed by atoms with E-state index in [2.05, 4.69) is 34.1 Å². The Labute approximate surface area is 176 Å². The maximum Gasteiger partial charge on any atom is 0.251 e. The van der Waals surface area contributed by atoms with Crippen molar-refractivity contribution in [1.82, 2.24) is 9.80 Å². The zero-order valence-corrected chi connectivity index (χ0v) is 17.0. The van der Waals surface area contributed by atoms with Crippen molar-refractivity contribution in [2.75, 3.05) is 31.1 Å². The number of benzene rings is 2. The molecule has 2 heterocycles. The second-order valence-electron chi connectivity index (χ2n) is 7.04. The monoisotopic (exact) mass is 419 g/mol. The van der Waals surface area contributed by atoms with E-state index in [1.54, 1.807) is 24.3 Å². The summed E-state index contributed by atoms with van der Waals surface area (Å²) in [5.74, 6) is -0.338. The maximum absolute atomic E-state index is 12.9. The number of rotatable bonds is 4. The van der Waals surface area contributed by atoms with Crippen LogP contribution in [0.3, 0.4) is 0 Å². The standard InChI is InChI=1S/C21H22ClN3O2.ClH/c22-17-8-4-5-9-18(17)25-20(26)14-19(21(25)27)24-12-10-23(11-13-24)15-16-6-2-1-3-7-16;/h1-9,19H,10-15H2;1H. The Morgan fingerprint density at radius 1 is 0.893 bits per heavy atom. The first-order valence-corrected chi connectivity index (χ1v) is 9.63. The quantitative estimate of drug-likeness (QED) is 0.713. The molecule has 0 aliphatic carbocycles. The van der Waals surface area contributed by atoms with Gasteiger partial charge in [-0.05, 0) is 17.7 Å². The Hall–Kier alpha value is -1.92. The molecule has 2 aliphatic heterocycles. The molecule has 2 aliphatic rings. The van der Waals surface area contributed by atoms with Crippen molar-refractivity contribution in [1.29, 1.82) is 0 Å². The van der Waals surface area contributed by atoms with Crippen molar-refractivity contribution in [2.45, 2.75) is 19.0 Å². The Kier molecular flexibility index (Phi) is 6.73. The Morgan fingerprint density at radius 2 is 1.54 bits per heavy atom. The van der Waals surface area contributed by atoms with Crippen LogP contribution in [-0.4, -0.2) is 53.8 Å². The van der Waals surface area contributed by atoms with E-state index in [9.17, 15) is 9.59 Å². The lowest BCUT2D eigenvalue weighted by atomic mass is 10.1. The third kappa shape index (κ3) is 4.23. The Morgan fingerprint density at radius 3 is 2.21 bits per heavy atom. The van der Waals surface area contributed by atoms with Gasteiger partial charge in [0.2, 0.25) is 5.91 Å². The first-order chi connectivity index (χ1) is 13.1. The van der Waals surface area contributed by atoms with Crippen LogP contribution in [0.5, 0.6) is 0 Å². The Bertz CT molecular complexity index is 839. The molecule has 0 saturated carbocycles. The lowest BCUT2D eigenvalue weighted by Gasteiger charge is -2.37. The third-order valence-electron chi connectivity index (χ3n) is 5.31. The summed E-state index contributed by atoms with van der Waals surface area (Å²) in [4.78, 5) is 31.2. The largest absolute Gasteiger partial charge is 0.297 e. The molecular weight excluding hydrogens is 397 g/mol. The number of imide groups is 1. The van der Waals surface area contributed by atoms with Gasteiger partial charge in [0.1, 0.15) is 0 Å². The van der Waals surface area contributed by atoms with Crippen molar-refractivity contribution >= 4 is 41.5 Å². The zero-order chi connectivity index (χ0) is 18.8. The van der Waals surface area contributed by atoms with Crippen molar-refractivity contribution in [2.24, 2.45) is 0 Å². The molecule has 28 heavy (non-hydrogen) atoms. The molecular formula is C21H23Cl2N3O2. The van der Waals surface area contributed by atoms with Crippen LogP contribution in [0.25, 0.3) is 0 Å². The van der Waals surface area contributed by atoms with Crippen LogP contribution in [0.1, 0.15) is 12.0 Å². The van der Waals surface area contributed by atoms with Gasteiger partial charge in [-0.1, -0.05) is 54.1 Å². The summed E-state index contributed by atoms with van der Waals surface area (Å²) in [6.45, 7) is 4.26. The molecule has 5 nitrogen and oxygen atoms in total. The van der Waals surface area contributed by atoms with Crippen molar-refractivity contribution < 1.29 is 9.59 Å². The van der Waals surface area contributed by atoms with Gasteiger partial charge >= 0.3 is 0 Å². The lowest BCUT2D eigenvalue weighted by Crippen LogP contribution is -2.52. The van der Waals surface area contributed by atoms with Crippen molar-refractivity contribution in [3.63, 3.8) is 0 Å². The van der Waals surface area contributed by atoms with Crippen LogP contribution in [0.15, 0.2) is 54.6 Å². The van der Waals surface area contributed by atoms with E-state index in [1.165, 1.54) is 10.5 Å². The van der Waals surface area contributed by atoms with E-state index in [0.29, 0.717) is 10.7 Å². The summed E-state index contributed by atoms with van der Waals surface area (Å²) in [6, 6.07) is 17.0. The molecule has 2 aromatic rings. The summed E-state index contributed by atoms with van der Waals surface area (Å²) >= 11 is 6.20. The number of nitrogens with zero attached hydrogens (tertiary/aromatic N) is 3. The van der Waals surface area contributed by atoms with E-state index in [0.717, 1.165) is 32.7 Å². The minimum absolute atomic E-state index is 0. The van der Waals surface area contributed by atoms with Gasteiger partial charge in [-0.2, -0.15) is 0 Å². The summed E-state index contributed by atoms with van der Waals surface area (Å²) in [5.41, 5.74) is 1.78. The first kappa shape index (κ1) is 20.8. The van der Waals surface area contributed by atoms with Crippen LogP contribution >= 0.6 is 24.0 Å². The van der Waals surface area contributed by atoms with E-state index in [-0.39, 0.29) is 36.7 Å². The molecule has 1 atom stereocenters. The van der Waals surface area contributed by atoms with Crippen LogP contribution in [0.2, 0.25) is 5.02 Å². The summed E-state index contributed by atoms with van der Waals surface area (Å²) in [6.07, 6.45) is 0.225. The number of halogens is 2. The molecule has 7 heteroatoms. The van der Waals surface area contributed by atoms with Gasteiger partial charge in [0.25, 0.3) is 5.91 Å². The number of hydrogen-bond donors (Lipinski definition) is 0. The predicted molar refractivity (Wildman–Crippen MR) is 113 cm³/mol. The average molecular weight is 420 g/mol. The van der Waals surface area contributed by atoms with Gasteiger partial charge in [-0.3, -0.25) is 19.4 Å². The summed E-state index contributed by atoms with van der Waals surface area (Å²) in [7, 11) is 0. The van der Waals surface area contributed by atoms with Gasteiger partial charge in [-0.15, -0.1) is 12.4 Å². The molecule has 0 spiro atoms. The molecule has 4 rings (SSSR count). The third-order valence-corrected chi connectivity index (χ3v) is 5.63. The number of anilines is 1. The molecule has 0 radical (unpaired) electrons. The van der Waals surface area contributed by atoms with Gasteiger partial charge in [0, 0.05) is 32.7 Å². The van der Waals surface area contributed by atoms with Crippen molar-refractivity contribution in [3.8, 4) is 0 Å². The van der Waals surface area contributed by atoms with E-state index < -0.39 is 0 Å². The Balaban J connectivity index is 0.00000225. The van der Waals surface area contributed by atoms with Crippen molar-refractivity contribution in [3.05, 3.63) is 65.2 Å². The van der Waals surface area contributed by atoms with Crippen LogP contribution < -0.4 is 4.90 Å². The molecule has 2 saturated heterocycles. The number of hydrogen-bond acceptors (Lipinski definition) is 4. The average Bonchev–Trinajstić information content (AvgIpc) is 2.98. The molecule has 2 amide bonds. The van der Waals surface area contributed by atoms with Gasteiger partial charge < -0.3 is 0 Å². The highest BCUT2D eigenvalue weighted by Crippen LogP contribution is 2.31.